The molecule has 0 fully saturated rings. The zero-order valence-electron chi connectivity index (χ0n) is 22.3. The first kappa shape index (κ1) is 30.9. The molecule has 1 aromatic carbocycles. The van der Waals surface area contributed by atoms with Gasteiger partial charge in [0.1, 0.15) is 13.2 Å². The summed E-state index contributed by atoms with van der Waals surface area (Å²) in [4.78, 5) is 23.6. The van der Waals surface area contributed by atoms with Gasteiger partial charge in [0, 0.05) is 6.42 Å². The van der Waals surface area contributed by atoms with E-state index in [2.05, 4.69) is 19.1 Å². The van der Waals surface area contributed by atoms with Gasteiger partial charge in [-0.05, 0) is 44.2 Å². The lowest BCUT2D eigenvalue weighted by atomic mass is 10.1. The minimum Gasteiger partial charge on any atom is -0.462 e. The van der Waals surface area contributed by atoms with Crippen molar-refractivity contribution >= 4 is 11.9 Å². The summed E-state index contributed by atoms with van der Waals surface area (Å²) >= 11 is 0. The van der Waals surface area contributed by atoms with Crippen LogP contribution in [0.1, 0.15) is 133 Å². The fraction of sp³-hybridized carbons (Fsp3) is 0.677. The highest BCUT2D eigenvalue weighted by atomic mass is 16.6. The Balaban J connectivity index is 1.78. The first-order valence-electron chi connectivity index (χ1n) is 14.3. The molecule has 0 saturated heterocycles. The molecule has 0 unspecified atom stereocenters. The van der Waals surface area contributed by atoms with Crippen molar-refractivity contribution in [3.05, 3.63) is 48.0 Å². The molecule has 4 heteroatoms. The first-order valence-corrected chi connectivity index (χ1v) is 14.3. The molecule has 0 amide bonds. The summed E-state index contributed by atoms with van der Waals surface area (Å²) in [6.45, 7) is 2.48. The van der Waals surface area contributed by atoms with Crippen LogP contribution >= 0.6 is 0 Å². The number of carbonyl (C=O) groups excluding carboxylic acids is 2. The highest BCUT2D eigenvalue weighted by molar-refractivity contribution is 5.89. The van der Waals surface area contributed by atoms with Gasteiger partial charge < -0.3 is 9.47 Å². The summed E-state index contributed by atoms with van der Waals surface area (Å²) < 4.78 is 10.2. The van der Waals surface area contributed by atoms with E-state index in [1.165, 1.54) is 96.3 Å². The Bertz CT molecular complexity index is 653. The summed E-state index contributed by atoms with van der Waals surface area (Å²) in [5.74, 6) is -0.598. The number of rotatable bonds is 23. The molecule has 35 heavy (non-hydrogen) atoms. The number of unbranched alkanes of at least 4 members (excludes halogenated alkanes) is 15. The van der Waals surface area contributed by atoms with Gasteiger partial charge in [-0.2, -0.15) is 0 Å². The lowest BCUT2D eigenvalue weighted by Crippen LogP contribution is -2.13. The Morgan fingerprint density at radius 3 is 1.69 bits per heavy atom. The Hall–Kier alpha value is -2.10. The molecule has 0 heterocycles. The van der Waals surface area contributed by atoms with Crippen molar-refractivity contribution in [2.24, 2.45) is 0 Å². The fourth-order valence-corrected chi connectivity index (χ4v) is 4.07. The predicted molar refractivity (Wildman–Crippen MR) is 146 cm³/mol. The van der Waals surface area contributed by atoms with E-state index in [-0.39, 0.29) is 19.2 Å². The number of hydrogen-bond donors (Lipinski definition) is 0. The summed E-state index contributed by atoms with van der Waals surface area (Å²) in [6.07, 6.45) is 27.0. The molecule has 0 aliphatic rings. The molecule has 0 atom stereocenters. The van der Waals surface area contributed by atoms with Crippen LogP contribution in [0.2, 0.25) is 0 Å². The molecular weight excluding hydrogens is 436 g/mol. The van der Waals surface area contributed by atoms with Crippen LogP contribution in [0, 0.1) is 0 Å². The number of carbonyl (C=O) groups is 2. The highest BCUT2D eigenvalue weighted by Crippen LogP contribution is 2.12. The van der Waals surface area contributed by atoms with Crippen LogP contribution < -0.4 is 0 Å². The summed E-state index contributed by atoms with van der Waals surface area (Å²) in [5.41, 5.74) is 0.505. The van der Waals surface area contributed by atoms with Gasteiger partial charge in [0.15, 0.2) is 0 Å². The number of allylic oxidation sites excluding steroid dienone is 2. The molecule has 198 valence electrons. The Kier molecular flexibility index (Phi) is 20.9. The first-order chi connectivity index (χ1) is 17.2. The van der Waals surface area contributed by atoms with Gasteiger partial charge in [-0.15, -0.1) is 0 Å². The van der Waals surface area contributed by atoms with E-state index in [0.717, 1.165) is 12.8 Å². The minimum atomic E-state index is -0.391. The smallest absolute Gasteiger partial charge is 0.338 e. The average Bonchev–Trinajstić information content (AvgIpc) is 2.88. The molecule has 0 aromatic heterocycles. The molecule has 4 nitrogen and oxygen atoms in total. The molecule has 0 spiro atoms. The van der Waals surface area contributed by atoms with Crippen molar-refractivity contribution in [2.75, 3.05) is 13.2 Å². The van der Waals surface area contributed by atoms with Crippen LogP contribution in [-0.4, -0.2) is 25.2 Å². The van der Waals surface area contributed by atoms with Crippen molar-refractivity contribution < 1.29 is 19.1 Å². The fourth-order valence-electron chi connectivity index (χ4n) is 4.07. The van der Waals surface area contributed by atoms with E-state index in [1.54, 1.807) is 24.3 Å². The van der Waals surface area contributed by atoms with Gasteiger partial charge >= 0.3 is 11.9 Å². The third-order valence-electron chi connectivity index (χ3n) is 6.23. The molecule has 0 radical (unpaired) electrons. The zero-order valence-corrected chi connectivity index (χ0v) is 22.3. The van der Waals surface area contributed by atoms with Crippen molar-refractivity contribution in [1.29, 1.82) is 0 Å². The number of esters is 2. The molecular formula is C31H50O4. The average molecular weight is 487 g/mol. The van der Waals surface area contributed by atoms with E-state index < -0.39 is 5.97 Å². The zero-order chi connectivity index (χ0) is 25.2. The molecule has 1 aromatic rings. The van der Waals surface area contributed by atoms with Crippen molar-refractivity contribution in [3.8, 4) is 0 Å². The third kappa shape index (κ3) is 19.9. The molecule has 0 saturated carbocycles. The van der Waals surface area contributed by atoms with Gasteiger partial charge in [-0.25, -0.2) is 4.79 Å². The maximum atomic E-state index is 11.8. The standard InChI is InChI=1S/C31H50O4/c1-2-3-4-5-6-7-8-9-10-11-12-13-14-15-16-17-18-19-23-26-30(32)34-27-28-35-31(33)29-24-21-20-22-25-29/h9-10,20-22,24-25H,2-8,11-19,23,26-28H2,1H3/b10-9-. The second-order valence-electron chi connectivity index (χ2n) is 9.47. The third-order valence-corrected chi connectivity index (χ3v) is 6.23. The Morgan fingerprint density at radius 2 is 1.11 bits per heavy atom. The van der Waals surface area contributed by atoms with E-state index in [0.29, 0.717) is 12.0 Å². The van der Waals surface area contributed by atoms with E-state index >= 15 is 0 Å². The van der Waals surface area contributed by atoms with Crippen LogP contribution in [0.25, 0.3) is 0 Å². The second kappa shape index (κ2) is 23.6. The number of hydrogen-bond acceptors (Lipinski definition) is 4. The quantitative estimate of drug-likeness (QED) is 0.0879. The maximum Gasteiger partial charge on any atom is 0.338 e. The normalized spacial score (nSPS) is 11.1. The number of benzene rings is 1. The van der Waals surface area contributed by atoms with Crippen molar-refractivity contribution in [2.45, 2.75) is 122 Å². The van der Waals surface area contributed by atoms with E-state index in [9.17, 15) is 9.59 Å². The van der Waals surface area contributed by atoms with Crippen LogP contribution in [0.3, 0.4) is 0 Å². The minimum absolute atomic E-state index is 0.0922. The topological polar surface area (TPSA) is 52.6 Å². The van der Waals surface area contributed by atoms with Crippen LogP contribution in [-0.2, 0) is 14.3 Å². The molecule has 0 bridgehead atoms. The maximum absolute atomic E-state index is 11.8. The van der Waals surface area contributed by atoms with Gasteiger partial charge in [-0.3, -0.25) is 4.79 Å². The van der Waals surface area contributed by atoms with Gasteiger partial charge in [0.25, 0.3) is 0 Å². The predicted octanol–water partition coefficient (Wildman–Crippen LogP) is 8.98. The highest BCUT2D eigenvalue weighted by Gasteiger charge is 2.07. The molecule has 0 aliphatic heterocycles. The Labute approximate surface area is 214 Å². The Morgan fingerprint density at radius 1 is 0.629 bits per heavy atom. The SMILES string of the molecule is CCCCCCCC/C=C\CCCCCCCCCCCC(=O)OCCOC(=O)c1ccccc1. The van der Waals surface area contributed by atoms with Gasteiger partial charge in [-0.1, -0.05) is 114 Å². The van der Waals surface area contributed by atoms with Crippen LogP contribution in [0.15, 0.2) is 42.5 Å². The summed E-state index contributed by atoms with van der Waals surface area (Å²) in [7, 11) is 0. The van der Waals surface area contributed by atoms with Crippen molar-refractivity contribution in [1.82, 2.24) is 0 Å². The molecule has 0 aliphatic carbocycles. The molecule has 0 N–H and O–H groups in total. The van der Waals surface area contributed by atoms with Crippen molar-refractivity contribution in [3.63, 3.8) is 0 Å². The lowest BCUT2D eigenvalue weighted by molar-refractivity contribution is -0.144. The monoisotopic (exact) mass is 486 g/mol. The molecule has 1 rings (SSSR count). The number of ether oxygens (including phenoxy) is 2. The summed E-state index contributed by atoms with van der Waals surface area (Å²) in [6, 6.07) is 8.82. The van der Waals surface area contributed by atoms with E-state index in [4.69, 9.17) is 9.47 Å². The van der Waals surface area contributed by atoms with Gasteiger partial charge in [0.2, 0.25) is 0 Å². The second-order valence-corrected chi connectivity index (χ2v) is 9.47. The largest absolute Gasteiger partial charge is 0.462 e. The lowest BCUT2D eigenvalue weighted by Gasteiger charge is -2.06. The summed E-state index contributed by atoms with van der Waals surface area (Å²) in [5, 5.41) is 0. The van der Waals surface area contributed by atoms with Crippen LogP contribution in [0.4, 0.5) is 0 Å². The van der Waals surface area contributed by atoms with E-state index in [1.807, 2.05) is 6.07 Å². The van der Waals surface area contributed by atoms with Gasteiger partial charge in [0.05, 0.1) is 5.56 Å². The van der Waals surface area contributed by atoms with Crippen LogP contribution in [0.5, 0.6) is 0 Å².